The maximum absolute atomic E-state index is 12.9. The molecule has 0 aliphatic carbocycles. The number of ether oxygens (including phenoxy) is 5. The summed E-state index contributed by atoms with van der Waals surface area (Å²) >= 11 is 2.08. The topological polar surface area (TPSA) is 140 Å². The van der Waals surface area contributed by atoms with Gasteiger partial charge in [-0.05, 0) is 24.6 Å². The average molecular weight is 577 g/mol. The van der Waals surface area contributed by atoms with Gasteiger partial charge < -0.3 is 29.0 Å². The van der Waals surface area contributed by atoms with Crippen molar-refractivity contribution in [2.45, 2.75) is 18.6 Å². The maximum atomic E-state index is 12.9. The summed E-state index contributed by atoms with van der Waals surface area (Å²) in [6.07, 6.45) is 1.68. The number of rotatable bonds is 12. The van der Waals surface area contributed by atoms with Crippen molar-refractivity contribution in [2.24, 2.45) is 0 Å². The summed E-state index contributed by atoms with van der Waals surface area (Å²) in [7, 11) is 7.01. The van der Waals surface area contributed by atoms with Gasteiger partial charge >= 0.3 is 11.9 Å². The smallest absolute Gasteiger partial charge is 0.348 e. The van der Waals surface area contributed by atoms with Gasteiger partial charge in [-0.1, -0.05) is 17.8 Å². The first-order valence-electron chi connectivity index (χ1n) is 11.3. The number of hydrogen-bond acceptors (Lipinski definition) is 12. The fourth-order valence-electron chi connectivity index (χ4n) is 3.64. The van der Waals surface area contributed by atoms with E-state index < -0.39 is 17.8 Å². The molecule has 1 amide bonds. The number of esters is 2. The molecule has 0 aliphatic heterocycles. The molecular weight excluding hydrogens is 548 g/mol. The van der Waals surface area contributed by atoms with Crippen LogP contribution in [-0.4, -0.2) is 73.9 Å². The van der Waals surface area contributed by atoms with Crippen molar-refractivity contribution in [3.8, 4) is 28.6 Å². The van der Waals surface area contributed by atoms with E-state index in [1.807, 2.05) is 0 Å². The number of nitrogens with one attached hydrogen (secondary N) is 1. The van der Waals surface area contributed by atoms with Crippen LogP contribution in [-0.2, 0) is 20.8 Å². The molecular formula is C25H28N4O8S2. The minimum absolute atomic E-state index is 0.0599. The van der Waals surface area contributed by atoms with E-state index in [1.54, 1.807) is 29.7 Å². The lowest BCUT2D eigenvalue weighted by molar-refractivity contribution is -0.113. The van der Waals surface area contributed by atoms with Crippen LogP contribution in [0.3, 0.4) is 0 Å². The number of aromatic nitrogens is 3. The summed E-state index contributed by atoms with van der Waals surface area (Å²) in [5.41, 5.74) is 1.12. The fourth-order valence-corrected chi connectivity index (χ4v) is 5.52. The number of thiophene rings is 1. The fraction of sp³-hybridized carbons (Fsp3) is 0.320. The first kappa shape index (κ1) is 29.5. The van der Waals surface area contributed by atoms with Crippen LogP contribution in [0.1, 0.15) is 25.6 Å². The van der Waals surface area contributed by atoms with Gasteiger partial charge in [-0.15, -0.1) is 28.1 Å². The second-order valence-electron chi connectivity index (χ2n) is 7.70. The largest absolute Gasteiger partial charge is 0.493 e. The normalized spacial score (nSPS) is 10.5. The van der Waals surface area contributed by atoms with E-state index in [0.717, 1.165) is 23.1 Å². The highest BCUT2D eigenvalue weighted by molar-refractivity contribution is 7.99. The zero-order valence-electron chi connectivity index (χ0n) is 22.3. The van der Waals surface area contributed by atoms with Gasteiger partial charge in [-0.2, -0.15) is 0 Å². The quantitative estimate of drug-likeness (QED) is 0.191. The highest BCUT2D eigenvalue weighted by Crippen LogP contribution is 2.41. The van der Waals surface area contributed by atoms with Gasteiger partial charge in [0.2, 0.25) is 11.7 Å². The van der Waals surface area contributed by atoms with Gasteiger partial charge in [0.05, 0.1) is 46.9 Å². The second-order valence-corrected chi connectivity index (χ2v) is 9.66. The third-order valence-corrected chi connectivity index (χ3v) is 7.60. The van der Waals surface area contributed by atoms with Crippen LogP contribution < -0.4 is 19.5 Å². The molecule has 0 unspecified atom stereocenters. The van der Waals surface area contributed by atoms with E-state index in [2.05, 4.69) is 22.1 Å². The molecule has 0 fully saturated rings. The molecule has 1 N–H and O–H groups in total. The van der Waals surface area contributed by atoms with Crippen LogP contribution in [0.4, 0.5) is 5.00 Å². The van der Waals surface area contributed by atoms with E-state index in [1.165, 1.54) is 35.5 Å². The predicted octanol–water partition coefficient (Wildman–Crippen LogP) is 3.83. The first-order chi connectivity index (χ1) is 18.7. The average Bonchev–Trinajstić information content (AvgIpc) is 3.50. The van der Waals surface area contributed by atoms with E-state index in [4.69, 9.17) is 23.7 Å². The maximum Gasteiger partial charge on any atom is 0.348 e. The summed E-state index contributed by atoms with van der Waals surface area (Å²) in [4.78, 5) is 37.5. The molecule has 39 heavy (non-hydrogen) atoms. The van der Waals surface area contributed by atoms with Crippen LogP contribution in [0.5, 0.6) is 17.2 Å². The Morgan fingerprint density at radius 1 is 1.03 bits per heavy atom. The van der Waals surface area contributed by atoms with E-state index in [9.17, 15) is 14.4 Å². The summed E-state index contributed by atoms with van der Waals surface area (Å²) in [6.45, 7) is 5.76. The van der Waals surface area contributed by atoms with Gasteiger partial charge in [0, 0.05) is 12.1 Å². The number of benzene rings is 1. The number of carbonyl (C=O) groups is 3. The second kappa shape index (κ2) is 13.2. The Morgan fingerprint density at radius 3 is 2.21 bits per heavy atom. The third kappa shape index (κ3) is 6.17. The predicted molar refractivity (Wildman–Crippen MR) is 146 cm³/mol. The first-order valence-corrected chi connectivity index (χ1v) is 13.1. The number of allylic oxidation sites excluding steroid dienone is 1. The number of hydrogen-bond donors (Lipinski definition) is 1. The number of nitrogens with zero attached hydrogens (tertiary/aromatic N) is 3. The Morgan fingerprint density at radius 2 is 1.67 bits per heavy atom. The SMILES string of the molecule is C=CCn1c(SCC(=O)Nc2sc(C(=O)OC)c(C)c2C(=O)OC)nnc1-c1cc(OC)c(OC)c(OC)c1. The van der Waals surface area contributed by atoms with Gasteiger partial charge in [0.25, 0.3) is 0 Å². The lowest BCUT2D eigenvalue weighted by atomic mass is 10.1. The molecule has 1 aromatic carbocycles. The Bertz CT molecular complexity index is 1370. The van der Waals surface area contributed by atoms with E-state index in [-0.39, 0.29) is 21.2 Å². The van der Waals surface area contributed by atoms with Crippen molar-refractivity contribution in [3.63, 3.8) is 0 Å². The van der Waals surface area contributed by atoms with Crippen molar-refractivity contribution in [3.05, 3.63) is 40.8 Å². The van der Waals surface area contributed by atoms with Crippen molar-refractivity contribution in [2.75, 3.05) is 46.6 Å². The van der Waals surface area contributed by atoms with Crippen molar-refractivity contribution >= 4 is 45.9 Å². The lowest BCUT2D eigenvalue weighted by Gasteiger charge is -2.14. The molecule has 208 valence electrons. The highest BCUT2D eigenvalue weighted by atomic mass is 32.2. The number of amides is 1. The van der Waals surface area contributed by atoms with Crippen LogP contribution >= 0.6 is 23.1 Å². The van der Waals surface area contributed by atoms with Crippen LogP contribution in [0.15, 0.2) is 29.9 Å². The summed E-state index contributed by atoms with van der Waals surface area (Å²) < 4.78 is 27.7. The zero-order chi connectivity index (χ0) is 28.7. The third-order valence-electron chi connectivity index (χ3n) is 5.44. The van der Waals surface area contributed by atoms with Crippen molar-refractivity contribution in [1.82, 2.24) is 14.8 Å². The molecule has 0 saturated carbocycles. The van der Waals surface area contributed by atoms with Crippen molar-refractivity contribution < 1.29 is 38.1 Å². The summed E-state index contributed by atoms with van der Waals surface area (Å²) in [5.74, 6) is 0.0645. The molecule has 0 saturated heterocycles. The van der Waals surface area contributed by atoms with Crippen LogP contribution in [0.25, 0.3) is 11.4 Å². The molecule has 0 radical (unpaired) electrons. The van der Waals surface area contributed by atoms with Gasteiger partial charge in [-0.3, -0.25) is 9.36 Å². The minimum atomic E-state index is -0.678. The zero-order valence-corrected chi connectivity index (χ0v) is 23.9. The molecule has 14 heteroatoms. The highest BCUT2D eigenvalue weighted by Gasteiger charge is 2.27. The van der Waals surface area contributed by atoms with Crippen LogP contribution in [0, 0.1) is 6.92 Å². The molecule has 2 heterocycles. The molecule has 0 bridgehead atoms. The Kier molecular flexibility index (Phi) is 9.95. The standard InChI is InChI=1S/C25H28N4O8S2/c1-8-9-29-21(14-10-15(33-3)19(35-5)16(11-14)34-4)27-28-25(29)38-12-17(30)26-22-18(23(31)36-6)13(2)20(39-22)24(32)37-7/h8,10-11H,1,9,12H2,2-7H3,(H,26,30). The molecule has 12 nitrogen and oxygen atoms in total. The van der Waals surface area contributed by atoms with E-state index in [0.29, 0.717) is 45.9 Å². The number of anilines is 1. The summed E-state index contributed by atoms with van der Waals surface area (Å²) in [6, 6.07) is 3.50. The lowest BCUT2D eigenvalue weighted by Crippen LogP contribution is -2.16. The molecule has 0 spiro atoms. The Labute approximate surface area is 233 Å². The number of thioether (sulfide) groups is 1. The summed E-state index contributed by atoms with van der Waals surface area (Å²) in [5, 5.41) is 11.9. The minimum Gasteiger partial charge on any atom is -0.493 e. The van der Waals surface area contributed by atoms with Gasteiger partial charge in [0.1, 0.15) is 9.88 Å². The number of carbonyl (C=O) groups excluding carboxylic acids is 3. The molecule has 0 atom stereocenters. The monoisotopic (exact) mass is 576 g/mol. The molecule has 0 aliphatic rings. The number of methoxy groups -OCH3 is 5. The van der Waals surface area contributed by atoms with Crippen molar-refractivity contribution in [1.29, 1.82) is 0 Å². The molecule has 3 aromatic rings. The molecule has 2 aromatic heterocycles. The van der Waals surface area contributed by atoms with Gasteiger partial charge in [0.15, 0.2) is 22.5 Å². The van der Waals surface area contributed by atoms with E-state index >= 15 is 0 Å². The van der Waals surface area contributed by atoms with Gasteiger partial charge in [-0.25, -0.2) is 9.59 Å². The Balaban J connectivity index is 1.87. The van der Waals surface area contributed by atoms with Crippen LogP contribution in [0.2, 0.25) is 0 Å². The Hall–Kier alpha value is -4.04. The molecule has 3 rings (SSSR count).